The Morgan fingerprint density at radius 2 is 2.13 bits per heavy atom. The fourth-order valence-electron chi connectivity index (χ4n) is 2.17. The maximum Gasteiger partial charge on any atom is 0.423 e. The molecule has 0 saturated carbocycles. The van der Waals surface area contributed by atoms with E-state index in [1.165, 1.54) is 7.05 Å². The largest absolute Gasteiger partial charge is 0.464 e. The summed E-state index contributed by atoms with van der Waals surface area (Å²) in [6.45, 7) is 0. The van der Waals surface area contributed by atoms with Gasteiger partial charge in [-0.05, 0) is 30.3 Å². The first kappa shape index (κ1) is 14.5. The van der Waals surface area contributed by atoms with Crippen LogP contribution in [-0.2, 0) is 0 Å². The Morgan fingerprint density at radius 1 is 1.30 bits per heavy atom. The molecule has 3 aromatic rings. The standard InChI is InChI=1S/C15H13N5O3/c1-19(18-15(22)23)14(21)10-4-5-13-11(7-10)9-20(17-13)12-3-2-6-16-8-12/h2-9,18H,1H3,(H,22,23). The van der Waals surface area contributed by atoms with Crippen molar-refractivity contribution in [2.24, 2.45) is 0 Å². The fraction of sp³-hybridized carbons (Fsp3) is 0.0667. The second-order valence-corrected chi connectivity index (χ2v) is 4.84. The summed E-state index contributed by atoms with van der Waals surface area (Å²) in [7, 11) is 1.35. The number of carbonyl (C=O) groups excluding carboxylic acids is 1. The van der Waals surface area contributed by atoms with Gasteiger partial charge in [-0.3, -0.25) is 14.8 Å². The van der Waals surface area contributed by atoms with E-state index < -0.39 is 12.0 Å². The molecule has 2 heterocycles. The summed E-state index contributed by atoms with van der Waals surface area (Å²) in [5.74, 6) is -0.455. The summed E-state index contributed by atoms with van der Waals surface area (Å²) in [5, 5.41) is 14.8. The monoisotopic (exact) mass is 311 g/mol. The number of rotatable bonds is 2. The minimum Gasteiger partial charge on any atom is -0.464 e. The van der Waals surface area contributed by atoms with E-state index in [-0.39, 0.29) is 0 Å². The van der Waals surface area contributed by atoms with Gasteiger partial charge in [0.15, 0.2) is 0 Å². The van der Waals surface area contributed by atoms with Crippen molar-refractivity contribution in [2.75, 3.05) is 7.05 Å². The number of nitrogens with one attached hydrogen (secondary N) is 1. The molecule has 0 saturated heterocycles. The van der Waals surface area contributed by atoms with E-state index in [2.05, 4.69) is 10.1 Å². The molecule has 8 nitrogen and oxygen atoms in total. The fourth-order valence-corrected chi connectivity index (χ4v) is 2.17. The van der Waals surface area contributed by atoms with Gasteiger partial charge in [0, 0.05) is 30.4 Å². The van der Waals surface area contributed by atoms with Crippen LogP contribution in [0.25, 0.3) is 16.6 Å². The van der Waals surface area contributed by atoms with Crippen molar-refractivity contribution >= 4 is 22.9 Å². The number of hydrazine groups is 1. The van der Waals surface area contributed by atoms with Crippen LogP contribution in [0.2, 0.25) is 0 Å². The number of fused-ring (bicyclic) bond motifs is 1. The van der Waals surface area contributed by atoms with Gasteiger partial charge in [-0.15, -0.1) is 0 Å². The Balaban J connectivity index is 1.93. The molecule has 23 heavy (non-hydrogen) atoms. The molecule has 0 bridgehead atoms. The molecule has 1 aromatic carbocycles. The third-order valence-corrected chi connectivity index (χ3v) is 3.23. The summed E-state index contributed by atoms with van der Waals surface area (Å²) in [6, 6.07) is 8.66. The number of aromatic nitrogens is 3. The minimum absolute atomic E-state index is 0.361. The minimum atomic E-state index is -1.30. The maximum atomic E-state index is 12.2. The highest BCUT2D eigenvalue weighted by molar-refractivity contribution is 5.98. The van der Waals surface area contributed by atoms with Crippen LogP contribution in [0.15, 0.2) is 48.9 Å². The molecule has 2 N–H and O–H groups in total. The zero-order valence-electron chi connectivity index (χ0n) is 12.2. The SMILES string of the molecule is CN(NC(=O)O)C(=O)c1ccc2nn(-c3cccnc3)cc2c1. The molecule has 0 fully saturated rings. The predicted octanol–water partition coefficient (Wildman–Crippen LogP) is 1.68. The van der Waals surface area contributed by atoms with Crippen molar-refractivity contribution in [3.05, 3.63) is 54.5 Å². The van der Waals surface area contributed by atoms with Crippen LogP contribution >= 0.6 is 0 Å². The Kier molecular flexibility index (Phi) is 3.63. The zero-order chi connectivity index (χ0) is 16.4. The third kappa shape index (κ3) is 2.95. The normalized spacial score (nSPS) is 10.5. The molecule has 3 rings (SSSR count). The number of nitrogens with zero attached hydrogens (tertiary/aromatic N) is 4. The summed E-state index contributed by atoms with van der Waals surface area (Å²) in [4.78, 5) is 26.8. The van der Waals surface area contributed by atoms with E-state index in [4.69, 9.17) is 5.11 Å². The molecule has 0 spiro atoms. The lowest BCUT2D eigenvalue weighted by Gasteiger charge is -2.15. The number of benzene rings is 1. The molecule has 116 valence electrons. The lowest BCUT2D eigenvalue weighted by Crippen LogP contribution is -2.42. The summed E-state index contributed by atoms with van der Waals surface area (Å²) >= 11 is 0. The average Bonchev–Trinajstić information content (AvgIpc) is 2.97. The van der Waals surface area contributed by atoms with Gasteiger partial charge in [-0.1, -0.05) is 0 Å². The molecule has 0 radical (unpaired) electrons. The molecule has 2 aromatic heterocycles. The molecule has 0 aliphatic heterocycles. The summed E-state index contributed by atoms with van der Waals surface area (Å²) in [5.41, 5.74) is 3.88. The number of carboxylic acid groups (broad SMARTS) is 1. The van der Waals surface area contributed by atoms with Gasteiger partial charge in [0.2, 0.25) is 0 Å². The first-order valence-corrected chi connectivity index (χ1v) is 6.72. The van der Waals surface area contributed by atoms with E-state index in [9.17, 15) is 9.59 Å². The Hall–Kier alpha value is -3.42. The predicted molar refractivity (Wildman–Crippen MR) is 82.1 cm³/mol. The van der Waals surface area contributed by atoms with Gasteiger partial charge in [0.1, 0.15) is 0 Å². The second-order valence-electron chi connectivity index (χ2n) is 4.84. The molecular weight excluding hydrogens is 298 g/mol. The van der Waals surface area contributed by atoms with E-state index in [0.717, 1.165) is 21.6 Å². The van der Waals surface area contributed by atoms with E-state index >= 15 is 0 Å². The van der Waals surface area contributed by atoms with Crippen molar-refractivity contribution in [3.8, 4) is 5.69 Å². The number of amides is 2. The maximum absolute atomic E-state index is 12.2. The highest BCUT2D eigenvalue weighted by atomic mass is 16.4. The highest BCUT2D eigenvalue weighted by Crippen LogP contribution is 2.17. The van der Waals surface area contributed by atoms with Gasteiger partial charge < -0.3 is 5.11 Å². The number of hydrogen-bond donors (Lipinski definition) is 2. The Morgan fingerprint density at radius 3 is 2.83 bits per heavy atom. The first-order valence-electron chi connectivity index (χ1n) is 6.72. The highest BCUT2D eigenvalue weighted by Gasteiger charge is 2.14. The Bertz CT molecular complexity index is 875. The van der Waals surface area contributed by atoms with Gasteiger partial charge in [0.05, 0.1) is 17.4 Å². The first-order chi connectivity index (χ1) is 11.0. The molecule has 0 atom stereocenters. The molecular formula is C15H13N5O3. The molecule has 0 unspecified atom stereocenters. The van der Waals surface area contributed by atoms with Crippen molar-refractivity contribution in [1.82, 2.24) is 25.2 Å². The lowest BCUT2D eigenvalue weighted by molar-refractivity contribution is 0.0706. The topological polar surface area (TPSA) is 100 Å². The lowest BCUT2D eigenvalue weighted by atomic mass is 10.1. The van der Waals surface area contributed by atoms with Crippen molar-refractivity contribution in [2.45, 2.75) is 0 Å². The zero-order valence-corrected chi connectivity index (χ0v) is 12.2. The smallest absolute Gasteiger partial charge is 0.423 e. The van der Waals surface area contributed by atoms with Crippen LogP contribution in [-0.4, -0.2) is 43.9 Å². The van der Waals surface area contributed by atoms with Crippen LogP contribution in [0.1, 0.15) is 10.4 Å². The third-order valence-electron chi connectivity index (χ3n) is 3.23. The van der Waals surface area contributed by atoms with Gasteiger partial charge >= 0.3 is 6.09 Å². The van der Waals surface area contributed by atoms with Crippen molar-refractivity contribution < 1.29 is 14.7 Å². The van der Waals surface area contributed by atoms with Crippen molar-refractivity contribution in [3.63, 3.8) is 0 Å². The molecule has 0 aliphatic carbocycles. The number of pyridine rings is 1. The van der Waals surface area contributed by atoms with E-state index in [0.29, 0.717) is 5.56 Å². The van der Waals surface area contributed by atoms with Crippen LogP contribution in [0, 0.1) is 0 Å². The van der Waals surface area contributed by atoms with Gasteiger partial charge in [-0.2, -0.15) is 5.10 Å². The molecule has 2 amide bonds. The summed E-state index contributed by atoms with van der Waals surface area (Å²) in [6.07, 6.45) is 3.84. The molecule has 8 heteroatoms. The van der Waals surface area contributed by atoms with Crippen LogP contribution in [0.3, 0.4) is 0 Å². The number of carbonyl (C=O) groups is 2. The summed E-state index contributed by atoms with van der Waals surface area (Å²) < 4.78 is 1.67. The van der Waals surface area contributed by atoms with Gasteiger partial charge in [-0.25, -0.2) is 14.9 Å². The second kappa shape index (κ2) is 5.76. The van der Waals surface area contributed by atoms with Crippen molar-refractivity contribution in [1.29, 1.82) is 0 Å². The molecule has 0 aliphatic rings. The van der Waals surface area contributed by atoms with E-state index in [1.807, 2.05) is 17.6 Å². The Labute approximate surface area is 130 Å². The van der Waals surface area contributed by atoms with Crippen LogP contribution < -0.4 is 5.43 Å². The van der Waals surface area contributed by atoms with Gasteiger partial charge in [0.25, 0.3) is 5.91 Å². The van der Waals surface area contributed by atoms with Crippen LogP contribution in [0.4, 0.5) is 4.79 Å². The number of hydrogen-bond acceptors (Lipinski definition) is 4. The van der Waals surface area contributed by atoms with Crippen LogP contribution in [0.5, 0.6) is 0 Å². The quantitative estimate of drug-likeness (QED) is 0.701. The average molecular weight is 311 g/mol. The van der Waals surface area contributed by atoms with E-state index in [1.54, 1.807) is 41.5 Å².